The van der Waals surface area contributed by atoms with E-state index < -0.39 is 5.38 Å². The molecule has 0 aromatic heterocycles. The van der Waals surface area contributed by atoms with Gasteiger partial charge in [-0.2, -0.15) is 0 Å². The molecule has 1 aromatic carbocycles. The molecule has 0 spiro atoms. The molecule has 1 N–H and O–H groups in total. The minimum Gasteiger partial charge on any atom is -0.508 e. The van der Waals surface area contributed by atoms with Crippen LogP contribution >= 0.6 is 23.2 Å². The number of rotatable bonds is 2. The summed E-state index contributed by atoms with van der Waals surface area (Å²) in [6, 6.07) is 4.47. The van der Waals surface area contributed by atoms with Crippen molar-refractivity contribution in [1.82, 2.24) is 0 Å². The Bertz CT molecular complexity index is 336. The second-order valence-corrected chi connectivity index (χ2v) is 3.55. The molecular formula is C9H8Cl2O2. The van der Waals surface area contributed by atoms with Crippen molar-refractivity contribution in [3.8, 4) is 5.75 Å². The van der Waals surface area contributed by atoms with Gasteiger partial charge in [0.2, 0.25) is 0 Å². The Kier molecular flexibility index (Phi) is 3.17. The molecule has 1 rings (SSSR count). The molecule has 0 bridgehead atoms. The molecule has 0 aliphatic heterocycles. The van der Waals surface area contributed by atoms with Gasteiger partial charge in [0.15, 0.2) is 5.78 Å². The lowest BCUT2D eigenvalue weighted by atomic mass is 10.1. The van der Waals surface area contributed by atoms with Gasteiger partial charge in [-0.05, 0) is 19.1 Å². The number of phenolic OH excluding ortho intramolecular Hbond substituents is 1. The van der Waals surface area contributed by atoms with Crippen molar-refractivity contribution in [2.24, 2.45) is 0 Å². The Morgan fingerprint density at radius 2 is 2.15 bits per heavy atom. The molecule has 2 nitrogen and oxygen atoms in total. The fourth-order valence-corrected chi connectivity index (χ4v) is 1.30. The van der Waals surface area contributed by atoms with Crippen LogP contribution in [-0.4, -0.2) is 10.9 Å². The van der Waals surface area contributed by atoms with Gasteiger partial charge in [-0.3, -0.25) is 4.79 Å². The summed E-state index contributed by atoms with van der Waals surface area (Å²) in [4.78, 5) is 10.9. The topological polar surface area (TPSA) is 37.3 Å². The lowest BCUT2D eigenvalue weighted by Crippen LogP contribution is -2.01. The predicted molar refractivity (Wildman–Crippen MR) is 52.4 cm³/mol. The van der Waals surface area contributed by atoms with Gasteiger partial charge in [0, 0.05) is 10.6 Å². The maximum absolute atomic E-state index is 10.9. The van der Waals surface area contributed by atoms with E-state index in [9.17, 15) is 9.90 Å². The monoisotopic (exact) mass is 218 g/mol. The standard InChI is InChI=1S/C9H8Cl2O2/c1-5(12)9(11)7-3-2-6(10)4-8(7)13/h2-4,9,13H,1H3. The number of alkyl halides is 1. The lowest BCUT2D eigenvalue weighted by molar-refractivity contribution is -0.116. The first-order valence-corrected chi connectivity index (χ1v) is 4.46. The van der Waals surface area contributed by atoms with Gasteiger partial charge in [-0.25, -0.2) is 0 Å². The average Bonchev–Trinajstić information content (AvgIpc) is 2.03. The van der Waals surface area contributed by atoms with Crippen LogP contribution in [0.3, 0.4) is 0 Å². The number of phenols is 1. The largest absolute Gasteiger partial charge is 0.508 e. The molecule has 1 unspecified atom stereocenters. The van der Waals surface area contributed by atoms with E-state index in [1.807, 2.05) is 0 Å². The molecule has 0 aliphatic rings. The average molecular weight is 219 g/mol. The minimum atomic E-state index is -0.808. The zero-order valence-electron chi connectivity index (χ0n) is 6.92. The van der Waals surface area contributed by atoms with E-state index in [0.29, 0.717) is 10.6 Å². The van der Waals surface area contributed by atoms with Crippen LogP contribution in [0.1, 0.15) is 17.9 Å². The molecule has 0 aliphatic carbocycles. The van der Waals surface area contributed by atoms with Crippen LogP contribution < -0.4 is 0 Å². The predicted octanol–water partition coefficient (Wildman–Crippen LogP) is 2.91. The molecule has 70 valence electrons. The first kappa shape index (κ1) is 10.4. The highest BCUT2D eigenvalue weighted by atomic mass is 35.5. The summed E-state index contributed by atoms with van der Waals surface area (Å²) in [7, 11) is 0. The van der Waals surface area contributed by atoms with Crippen LogP contribution in [0.5, 0.6) is 5.75 Å². The zero-order valence-corrected chi connectivity index (χ0v) is 8.43. The maximum Gasteiger partial charge on any atom is 0.152 e. The molecule has 0 heterocycles. The van der Waals surface area contributed by atoms with Crippen LogP contribution in [-0.2, 0) is 4.79 Å². The molecule has 13 heavy (non-hydrogen) atoms. The molecule has 0 amide bonds. The van der Waals surface area contributed by atoms with Crippen molar-refractivity contribution < 1.29 is 9.90 Å². The molecule has 0 radical (unpaired) electrons. The Morgan fingerprint density at radius 1 is 1.54 bits per heavy atom. The quantitative estimate of drug-likeness (QED) is 0.776. The second-order valence-electron chi connectivity index (χ2n) is 2.68. The van der Waals surface area contributed by atoms with Gasteiger partial charge >= 0.3 is 0 Å². The number of hydrogen-bond acceptors (Lipinski definition) is 2. The van der Waals surface area contributed by atoms with Crippen molar-refractivity contribution in [3.63, 3.8) is 0 Å². The van der Waals surface area contributed by atoms with E-state index in [0.717, 1.165) is 0 Å². The summed E-state index contributed by atoms with van der Waals surface area (Å²) >= 11 is 11.4. The number of ketones is 1. The smallest absolute Gasteiger partial charge is 0.152 e. The first-order chi connectivity index (χ1) is 6.02. The first-order valence-electron chi connectivity index (χ1n) is 3.65. The molecule has 0 fully saturated rings. The van der Waals surface area contributed by atoms with Gasteiger partial charge in [0.25, 0.3) is 0 Å². The van der Waals surface area contributed by atoms with E-state index in [2.05, 4.69) is 0 Å². The van der Waals surface area contributed by atoms with E-state index in [1.165, 1.54) is 19.1 Å². The summed E-state index contributed by atoms with van der Waals surface area (Å²) in [5.74, 6) is -0.262. The second kappa shape index (κ2) is 3.99. The van der Waals surface area contributed by atoms with Gasteiger partial charge in [-0.15, -0.1) is 11.6 Å². The highest BCUT2D eigenvalue weighted by molar-refractivity contribution is 6.32. The molecule has 0 saturated heterocycles. The molecule has 1 atom stereocenters. The van der Waals surface area contributed by atoms with Crippen LogP contribution in [0.2, 0.25) is 5.02 Å². The Balaban J connectivity index is 3.08. The van der Waals surface area contributed by atoms with Crippen LogP contribution in [0, 0.1) is 0 Å². The number of Topliss-reactive ketones (excluding diaryl/α,β-unsaturated/α-hetero) is 1. The van der Waals surface area contributed by atoms with Gasteiger partial charge in [0.05, 0.1) is 0 Å². The highest BCUT2D eigenvalue weighted by Crippen LogP contribution is 2.31. The maximum atomic E-state index is 10.9. The number of carbonyl (C=O) groups excluding carboxylic acids is 1. The third kappa shape index (κ3) is 2.36. The lowest BCUT2D eigenvalue weighted by Gasteiger charge is -2.07. The third-order valence-corrected chi connectivity index (χ3v) is 2.40. The number of halogens is 2. The van der Waals surface area contributed by atoms with Crippen LogP contribution in [0.25, 0.3) is 0 Å². The fraction of sp³-hybridized carbons (Fsp3) is 0.222. The van der Waals surface area contributed by atoms with E-state index in [1.54, 1.807) is 6.07 Å². The van der Waals surface area contributed by atoms with Crippen molar-refractivity contribution in [1.29, 1.82) is 0 Å². The fourth-order valence-electron chi connectivity index (χ4n) is 0.950. The summed E-state index contributed by atoms with van der Waals surface area (Å²) in [6.45, 7) is 1.37. The Morgan fingerprint density at radius 3 is 2.62 bits per heavy atom. The van der Waals surface area contributed by atoms with Crippen LogP contribution in [0.15, 0.2) is 18.2 Å². The number of aromatic hydroxyl groups is 1. The Hall–Kier alpha value is -0.730. The molecule has 4 heteroatoms. The SMILES string of the molecule is CC(=O)C(Cl)c1ccc(Cl)cc1O. The molecule has 0 saturated carbocycles. The molecular weight excluding hydrogens is 211 g/mol. The molecule has 1 aromatic rings. The van der Waals surface area contributed by atoms with Gasteiger partial charge in [-0.1, -0.05) is 17.7 Å². The zero-order chi connectivity index (χ0) is 10.0. The summed E-state index contributed by atoms with van der Waals surface area (Å²) in [5, 5.41) is 8.99. The summed E-state index contributed by atoms with van der Waals surface area (Å²) < 4.78 is 0. The van der Waals surface area contributed by atoms with E-state index in [4.69, 9.17) is 23.2 Å². The Labute approximate surface area is 86.1 Å². The summed E-state index contributed by atoms with van der Waals surface area (Å²) in [5.41, 5.74) is 0.388. The van der Waals surface area contributed by atoms with Crippen molar-refractivity contribution in [3.05, 3.63) is 28.8 Å². The van der Waals surface area contributed by atoms with E-state index >= 15 is 0 Å². The number of carbonyl (C=O) groups is 1. The third-order valence-electron chi connectivity index (χ3n) is 1.62. The normalized spacial score (nSPS) is 12.5. The van der Waals surface area contributed by atoms with Crippen molar-refractivity contribution >= 4 is 29.0 Å². The summed E-state index contributed by atoms with van der Waals surface area (Å²) in [6.07, 6.45) is 0. The van der Waals surface area contributed by atoms with Gasteiger partial charge in [0.1, 0.15) is 11.1 Å². The van der Waals surface area contributed by atoms with Crippen molar-refractivity contribution in [2.45, 2.75) is 12.3 Å². The highest BCUT2D eigenvalue weighted by Gasteiger charge is 2.16. The minimum absolute atomic E-state index is 0.0531. The van der Waals surface area contributed by atoms with E-state index in [-0.39, 0.29) is 11.5 Å². The number of hydrogen-bond donors (Lipinski definition) is 1. The van der Waals surface area contributed by atoms with Crippen LogP contribution in [0.4, 0.5) is 0 Å². The van der Waals surface area contributed by atoms with Gasteiger partial charge < -0.3 is 5.11 Å². The number of benzene rings is 1. The van der Waals surface area contributed by atoms with Crippen molar-refractivity contribution in [2.75, 3.05) is 0 Å².